The smallest absolute Gasteiger partial charge is 0.101 e. The Labute approximate surface area is 53.1 Å². The summed E-state index contributed by atoms with van der Waals surface area (Å²) in [4.78, 5) is 0. The highest BCUT2D eigenvalue weighted by molar-refractivity contribution is 5.01. The van der Waals surface area contributed by atoms with Crippen molar-refractivity contribution in [2.24, 2.45) is 0 Å². The van der Waals surface area contributed by atoms with Gasteiger partial charge in [-0.15, -0.1) is 0 Å². The molecule has 3 nitrogen and oxygen atoms in total. The van der Waals surface area contributed by atoms with Crippen LogP contribution in [0, 0.1) is 22.7 Å². The lowest BCUT2D eigenvalue weighted by Gasteiger charge is -1.80. The molecule has 0 saturated carbocycles. The molecule has 0 bridgehead atoms. The van der Waals surface area contributed by atoms with Crippen molar-refractivity contribution in [3.63, 3.8) is 0 Å². The average molecular weight is 120 g/mol. The Bertz CT molecular complexity index is 170. The van der Waals surface area contributed by atoms with Crippen molar-refractivity contribution in [1.82, 2.24) is 0 Å². The van der Waals surface area contributed by atoms with Crippen LogP contribution >= 0.6 is 0 Å². The van der Waals surface area contributed by atoms with Gasteiger partial charge in [0, 0.05) is 0 Å². The highest BCUT2D eigenvalue weighted by atomic mass is 16.5. The van der Waals surface area contributed by atoms with Crippen LogP contribution in [0.25, 0.3) is 0 Å². The maximum atomic E-state index is 7.92. The van der Waals surface area contributed by atoms with Crippen molar-refractivity contribution in [1.29, 1.82) is 10.5 Å². The fraction of sp³-hybridized carbons (Fsp3) is 0. The van der Waals surface area contributed by atoms with E-state index in [4.69, 9.17) is 10.5 Å². The largest absolute Gasteiger partial charge is 0.471 e. The van der Waals surface area contributed by atoms with Crippen LogP contribution in [0.4, 0.5) is 0 Å². The second-order valence-electron chi connectivity index (χ2n) is 1.000. The van der Waals surface area contributed by atoms with Crippen LogP contribution in [0.15, 0.2) is 24.7 Å². The lowest BCUT2D eigenvalue weighted by Crippen LogP contribution is -1.61. The molecule has 3 heteroatoms. The van der Waals surface area contributed by atoms with E-state index in [0.29, 0.717) is 0 Å². The predicted molar refractivity (Wildman–Crippen MR) is 30.6 cm³/mol. The maximum Gasteiger partial charge on any atom is 0.101 e. The van der Waals surface area contributed by atoms with Crippen molar-refractivity contribution in [2.75, 3.05) is 0 Å². The molecule has 0 unspecified atom stereocenters. The molecule has 0 aliphatic heterocycles. The number of nitriles is 2. The molecule has 0 fully saturated rings. The van der Waals surface area contributed by atoms with Crippen molar-refractivity contribution in [2.45, 2.75) is 0 Å². The van der Waals surface area contributed by atoms with Crippen LogP contribution in [0.5, 0.6) is 0 Å². The van der Waals surface area contributed by atoms with Gasteiger partial charge in [-0.1, -0.05) is 0 Å². The third-order valence-corrected chi connectivity index (χ3v) is 0.442. The first-order chi connectivity index (χ1) is 4.41. The molecule has 0 aromatic rings. The molecule has 0 N–H and O–H groups in total. The van der Waals surface area contributed by atoms with E-state index in [1.807, 2.05) is 0 Å². The normalized spacial score (nSPS) is 9.11. The highest BCUT2D eigenvalue weighted by Crippen LogP contribution is 1.77. The second-order valence-corrected chi connectivity index (χ2v) is 1.000. The lowest BCUT2D eigenvalue weighted by molar-refractivity contribution is 0.403. The molecule has 0 rings (SSSR count). The SMILES string of the molecule is N#C/C=C/O/C=C/C#N. The van der Waals surface area contributed by atoms with Gasteiger partial charge in [0.2, 0.25) is 0 Å². The molecule has 0 amide bonds. The van der Waals surface area contributed by atoms with Gasteiger partial charge in [-0.2, -0.15) is 10.5 Å². The Kier molecular flexibility index (Phi) is 5.05. The van der Waals surface area contributed by atoms with E-state index < -0.39 is 0 Å². The van der Waals surface area contributed by atoms with Gasteiger partial charge >= 0.3 is 0 Å². The summed E-state index contributed by atoms with van der Waals surface area (Å²) in [6, 6.07) is 3.44. The Morgan fingerprint density at radius 3 is 1.78 bits per heavy atom. The number of nitrogens with zero attached hydrogens (tertiary/aromatic N) is 2. The topological polar surface area (TPSA) is 56.8 Å². The zero-order valence-corrected chi connectivity index (χ0v) is 4.61. The van der Waals surface area contributed by atoms with E-state index in [-0.39, 0.29) is 0 Å². The number of rotatable bonds is 2. The minimum absolute atomic E-state index is 1.17. The standard InChI is InChI=1S/C6H4N2O/c7-3-1-5-9-6-2-4-8/h1-2,5-6H/b5-1+,6-2+. The van der Waals surface area contributed by atoms with Crippen LogP contribution in [0.2, 0.25) is 0 Å². The van der Waals surface area contributed by atoms with Crippen molar-refractivity contribution >= 4 is 0 Å². The molecule has 0 heterocycles. The molecule has 0 aromatic carbocycles. The number of hydrogen-bond acceptors (Lipinski definition) is 3. The molecule has 0 aliphatic carbocycles. The third kappa shape index (κ3) is 6.26. The lowest BCUT2D eigenvalue weighted by atomic mass is 10.7. The number of hydrogen-bond donors (Lipinski definition) is 0. The van der Waals surface area contributed by atoms with Crippen molar-refractivity contribution < 1.29 is 4.74 Å². The summed E-state index contributed by atoms with van der Waals surface area (Å²) in [6.07, 6.45) is 4.71. The second kappa shape index (κ2) is 6.26. The van der Waals surface area contributed by atoms with Gasteiger partial charge in [0.1, 0.15) is 12.5 Å². The minimum Gasteiger partial charge on any atom is -0.471 e. The van der Waals surface area contributed by atoms with Crippen molar-refractivity contribution in [3.8, 4) is 12.1 Å². The van der Waals surface area contributed by atoms with Gasteiger partial charge < -0.3 is 4.74 Å². The number of ether oxygens (including phenoxy) is 1. The first kappa shape index (κ1) is 7.26. The molecule has 0 atom stereocenters. The van der Waals surface area contributed by atoms with Gasteiger partial charge in [-0.3, -0.25) is 0 Å². The van der Waals surface area contributed by atoms with Gasteiger partial charge in [-0.25, -0.2) is 0 Å². The molecular weight excluding hydrogens is 116 g/mol. The van der Waals surface area contributed by atoms with Gasteiger partial charge in [0.25, 0.3) is 0 Å². The first-order valence-electron chi connectivity index (χ1n) is 2.16. The Morgan fingerprint density at radius 2 is 1.44 bits per heavy atom. The van der Waals surface area contributed by atoms with Crippen LogP contribution in [-0.2, 0) is 4.74 Å². The summed E-state index contributed by atoms with van der Waals surface area (Å²) < 4.78 is 4.51. The van der Waals surface area contributed by atoms with E-state index in [1.165, 1.54) is 24.7 Å². The van der Waals surface area contributed by atoms with E-state index in [0.717, 1.165) is 0 Å². The molecule has 0 aliphatic rings. The molecule has 0 aromatic heterocycles. The fourth-order valence-corrected chi connectivity index (χ4v) is 0.185. The summed E-state index contributed by atoms with van der Waals surface area (Å²) in [5.41, 5.74) is 0. The predicted octanol–water partition coefficient (Wildman–Crippen LogP) is 1.08. The van der Waals surface area contributed by atoms with Gasteiger partial charge in [0.15, 0.2) is 0 Å². The van der Waals surface area contributed by atoms with E-state index in [1.54, 1.807) is 12.1 Å². The Morgan fingerprint density at radius 1 is 1.00 bits per heavy atom. The van der Waals surface area contributed by atoms with E-state index in [2.05, 4.69) is 4.74 Å². The fourth-order valence-electron chi connectivity index (χ4n) is 0.185. The summed E-state index contributed by atoms with van der Waals surface area (Å²) in [6.45, 7) is 0. The molecule has 0 saturated heterocycles. The molecule has 9 heavy (non-hydrogen) atoms. The van der Waals surface area contributed by atoms with Crippen LogP contribution in [0.1, 0.15) is 0 Å². The minimum atomic E-state index is 1.17. The average Bonchev–Trinajstić information content (AvgIpc) is 1.89. The zero-order chi connectivity index (χ0) is 6.95. The molecule has 0 spiro atoms. The summed E-state index contributed by atoms with van der Waals surface area (Å²) >= 11 is 0. The molecule has 44 valence electrons. The maximum absolute atomic E-state index is 7.92. The van der Waals surface area contributed by atoms with Crippen LogP contribution in [0.3, 0.4) is 0 Å². The first-order valence-corrected chi connectivity index (χ1v) is 2.16. The van der Waals surface area contributed by atoms with E-state index in [9.17, 15) is 0 Å². The summed E-state index contributed by atoms with van der Waals surface area (Å²) in [5, 5.41) is 15.8. The Balaban J connectivity index is 3.35. The van der Waals surface area contributed by atoms with Crippen LogP contribution < -0.4 is 0 Å². The Hall–Kier alpha value is -1.74. The van der Waals surface area contributed by atoms with Gasteiger partial charge in [-0.05, 0) is 0 Å². The van der Waals surface area contributed by atoms with Gasteiger partial charge in [0.05, 0.1) is 24.3 Å². The molecular formula is C6H4N2O. The summed E-state index contributed by atoms with van der Waals surface area (Å²) in [7, 11) is 0. The summed E-state index contributed by atoms with van der Waals surface area (Å²) in [5.74, 6) is 0. The monoisotopic (exact) mass is 120 g/mol. The van der Waals surface area contributed by atoms with E-state index >= 15 is 0 Å². The highest BCUT2D eigenvalue weighted by Gasteiger charge is 1.64. The number of allylic oxidation sites excluding steroid dienone is 2. The zero-order valence-electron chi connectivity index (χ0n) is 4.61. The third-order valence-electron chi connectivity index (χ3n) is 0.442. The van der Waals surface area contributed by atoms with Crippen molar-refractivity contribution in [3.05, 3.63) is 24.7 Å². The molecule has 0 radical (unpaired) electrons. The van der Waals surface area contributed by atoms with Crippen LogP contribution in [-0.4, -0.2) is 0 Å². The quantitative estimate of drug-likeness (QED) is 0.404.